The van der Waals surface area contributed by atoms with Crippen molar-refractivity contribution in [1.29, 1.82) is 0 Å². The number of H-pyrrole nitrogens is 1. The van der Waals surface area contributed by atoms with Gasteiger partial charge in [0.1, 0.15) is 5.69 Å². The molecule has 0 bridgehead atoms. The molecule has 0 saturated carbocycles. The van der Waals surface area contributed by atoms with Gasteiger partial charge >= 0.3 is 0 Å². The minimum Gasteiger partial charge on any atom is -0.337 e. The normalized spacial score (nSPS) is 15.1. The molecule has 0 unspecified atom stereocenters. The molecular weight excluding hydrogens is 356 g/mol. The van der Waals surface area contributed by atoms with E-state index in [0.717, 1.165) is 37.2 Å². The second-order valence-corrected chi connectivity index (χ2v) is 8.12. The number of nitrogens with zero attached hydrogens (tertiary/aromatic N) is 3. The number of aromatic nitrogens is 3. The minimum atomic E-state index is 0.0298. The third kappa shape index (κ3) is 4.06. The van der Waals surface area contributed by atoms with Crippen LogP contribution in [0.4, 0.5) is 0 Å². The lowest BCUT2D eigenvalue weighted by molar-refractivity contribution is 0.0721. The molecule has 1 aliphatic rings. The van der Waals surface area contributed by atoms with Crippen LogP contribution in [0.15, 0.2) is 59.8 Å². The highest BCUT2D eigenvalue weighted by Crippen LogP contribution is 2.32. The van der Waals surface area contributed by atoms with Crippen LogP contribution in [-0.4, -0.2) is 44.3 Å². The Hall–Kier alpha value is -2.60. The molecule has 0 radical (unpaired) electrons. The molecule has 138 valence electrons. The van der Waals surface area contributed by atoms with Gasteiger partial charge in [0.05, 0.1) is 5.69 Å². The summed E-state index contributed by atoms with van der Waals surface area (Å²) in [5, 5.41) is 7.73. The molecule has 27 heavy (non-hydrogen) atoms. The number of benzene rings is 1. The molecule has 3 aromatic rings. The van der Waals surface area contributed by atoms with Gasteiger partial charge in [-0.2, -0.15) is 5.10 Å². The van der Waals surface area contributed by atoms with Crippen molar-refractivity contribution in [2.75, 3.05) is 13.1 Å². The first-order valence-corrected chi connectivity index (χ1v) is 10.1. The van der Waals surface area contributed by atoms with Gasteiger partial charge in [-0.25, -0.2) is 0 Å². The van der Waals surface area contributed by atoms with E-state index in [-0.39, 0.29) is 5.91 Å². The number of likely N-dealkylation sites (tertiary alicyclic amines) is 1. The summed E-state index contributed by atoms with van der Waals surface area (Å²) in [6.07, 6.45) is 5.47. The number of hydrogen-bond donors (Lipinski definition) is 1. The van der Waals surface area contributed by atoms with Crippen LogP contribution in [0.25, 0.3) is 11.3 Å². The topological polar surface area (TPSA) is 61.9 Å². The van der Waals surface area contributed by atoms with E-state index in [1.807, 2.05) is 34.9 Å². The third-order valence-corrected chi connectivity index (χ3v) is 6.42. The highest BCUT2D eigenvalue weighted by atomic mass is 32.2. The van der Waals surface area contributed by atoms with Crippen molar-refractivity contribution in [1.82, 2.24) is 20.1 Å². The van der Waals surface area contributed by atoms with Crippen molar-refractivity contribution < 1.29 is 4.79 Å². The number of hydrogen-bond acceptors (Lipinski definition) is 4. The lowest BCUT2D eigenvalue weighted by atomic mass is 10.1. The number of aryl methyl sites for hydroxylation is 1. The van der Waals surface area contributed by atoms with E-state index in [1.54, 1.807) is 12.4 Å². The van der Waals surface area contributed by atoms with Gasteiger partial charge in [-0.15, -0.1) is 11.8 Å². The number of piperidine rings is 1. The maximum Gasteiger partial charge on any atom is 0.271 e. The quantitative estimate of drug-likeness (QED) is 0.740. The van der Waals surface area contributed by atoms with Crippen LogP contribution in [-0.2, 0) is 0 Å². The van der Waals surface area contributed by atoms with Gasteiger partial charge in [0.2, 0.25) is 0 Å². The summed E-state index contributed by atoms with van der Waals surface area (Å²) >= 11 is 1.94. The smallest absolute Gasteiger partial charge is 0.271 e. The van der Waals surface area contributed by atoms with E-state index in [2.05, 4.69) is 46.4 Å². The van der Waals surface area contributed by atoms with Gasteiger partial charge in [-0.1, -0.05) is 18.2 Å². The summed E-state index contributed by atoms with van der Waals surface area (Å²) in [6, 6.07) is 14.1. The van der Waals surface area contributed by atoms with Crippen molar-refractivity contribution in [3.63, 3.8) is 0 Å². The van der Waals surface area contributed by atoms with E-state index in [0.29, 0.717) is 10.9 Å². The molecule has 2 aromatic heterocycles. The fourth-order valence-corrected chi connectivity index (χ4v) is 4.53. The average Bonchev–Trinajstić information content (AvgIpc) is 3.21. The monoisotopic (exact) mass is 378 g/mol. The SMILES string of the molecule is Cc1ccccc1SC1CCN(C(=O)c2cc(-c3ccncc3)n[nH]2)CC1. The summed E-state index contributed by atoms with van der Waals surface area (Å²) in [6.45, 7) is 3.72. The Bertz CT molecular complexity index is 917. The Morgan fingerprint density at radius 2 is 1.89 bits per heavy atom. The highest BCUT2D eigenvalue weighted by Gasteiger charge is 2.25. The van der Waals surface area contributed by atoms with Gasteiger partial charge in [-0.05, 0) is 49.6 Å². The largest absolute Gasteiger partial charge is 0.337 e. The van der Waals surface area contributed by atoms with Crippen molar-refractivity contribution in [2.45, 2.75) is 29.9 Å². The Morgan fingerprint density at radius 3 is 2.63 bits per heavy atom. The number of nitrogens with one attached hydrogen (secondary N) is 1. The van der Waals surface area contributed by atoms with Crippen LogP contribution in [0.3, 0.4) is 0 Å². The molecule has 1 fully saturated rings. The number of rotatable bonds is 4. The van der Waals surface area contributed by atoms with E-state index in [9.17, 15) is 4.79 Å². The maximum atomic E-state index is 12.8. The van der Waals surface area contributed by atoms with Crippen molar-refractivity contribution in [3.8, 4) is 11.3 Å². The second-order valence-electron chi connectivity index (χ2n) is 6.78. The molecule has 1 aromatic carbocycles. The summed E-state index contributed by atoms with van der Waals surface area (Å²) < 4.78 is 0. The number of carbonyl (C=O) groups is 1. The Labute approximate surface area is 163 Å². The molecule has 0 spiro atoms. The molecule has 1 N–H and O–H groups in total. The summed E-state index contributed by atoms with van der Waals surface area (Å²) in [5.74, 6) is 0.0298. The van der Waals surface area contributed by atoms with Gasteiger partial charge in [-0.3, -0.25) is 14.9 Å². The van der Waals surface area contributed by atoms with Gasteiger partial charge in [0.15, 0.2) is 0 Å². The maximum absolute atomic E-state index is 12.8. The van der Waals surface area contributed by atoms with Crippen molar-refractivity contribution >= 4 is 17.7 Å². The predicted octanol–water partition coefficient (Wildman–Crippen LogP) is 4.18. The average molecular weight is 379 g/mol. The molecular formula is C21H22N4OS. The van der Waals surface area contributed by atoms with Crippen LogP contribution in [0.5, 0.6) is 0 Å². The third-order valence-electron chi connectivity index (χ3n) is 4.90. The van der Waals surface area contributed by atoms with E-state index in [4.69, 9.17) is 0 Å². The van der Waals surface area contributed by atoms with Crippen LogP contribution in [0.2, 0.25) is 0 Å². The molecule has 3 heterocycles. The van der Waals surface area contributed by atoms with Gasteiger partial charge in [0, 0.05) is 41.2 Å². The zero-order chi connectivity index (χ0) is 18.6. The van der Waals surface area contributed by atoms with Crippen LogP contribution < -0.4 is 0 Å². The van der Waals surface area contributed by atoms with Gasteiger partial charge in [0.25, 0.3) is 5.91 Å². The zero-order valence-corrected chi connectivity index (χ0v) is 16.1. The Balaban J connectivity index is 1.36. The molecule has 1 saturated heterocycles. The number of amides is 1. The van der Waals surface area contributed by atoms with Gasteiger partial charge < -0.3 is 4.90 Å². The number of pyridine rings is 1. The lowest BCUT2D eigenvalue weighted by Crippen LogP contribution is -2.39. The van der Waals surface area contributed by atoms with Crippen molar-refractivity contribution in [2.24, 2.45) is 0 Å². The standard InChI is InChI=1S/C21H22N4OS/c1-15-4-2-3-5-20(15)27-17-8-12-25(13-9-17)21(26)19-14-18(23-24-19)16-6-10-22-11-7-16/h2-7,10-11,14,17H,8-9,12-13H2,1H3,(H,23,24). The second kappa shape index (κ2) is 7.96. The molecule has 1 aliphatic heterocycles. The number of aromatic amines is 1. The lowest BCUT2D eigenvalue weighted by Gasteiger charge is -2.31. The first-order valence-electron chi connectivity index (χ1n) is 9.18. The molecule has 5 nitrogen and oxygen atoms in total. The fraction of sp³-hybridized carbons (Fsp3) is 0.286. The van der Waals surface area contributed by atoms with Crippen LogP contribution >= 0.6 is 11.8 Å². The summed E-state index contributed by atoms with van der Waals surface area (Å²) in [7, 11) is 0. The summed E-state index contributed by atoms with van der Waals surface area (Å²) in [4.78, 5) is 20.1. The Kier molecular flexibility index (Phi) is 5.25. The first kappa shape index (κ1) is 17.8. The highest BCUT2D eigenvalue weighted by molar-refractivity contribution is 8.00. The van der Waals surface area contributed by atoms with Crippen LogP contribution in [0.1, 0.15) is 28.9 Å². The molecule has 4 rings (SSSR count). The van der Waals surface area contributed by atoms with E-state index < -0.39 is 0 Å². The zero-order valence-electron chi connectivity index (χ0n) is 15.3. The molecule has 0 atom stereocenters. The summed E-state index contributed by atoms with van der Waals surface area (Å²) in [5.41, 5.74) is 3.59. The molecule has 1 amide bonds. The predicted molar refractivity (Wildman–Crippen MR) is 108 cm³/mol. The van der Waals surface area contributed by atoms with E-state index in [1.165, 1.54) is 10.5 Å². The first-order chi connectivity index (χ1) is 13.2. The minimum absolute atomic E-state index is 0.0298. The van der Waals surface area contributed by atoms with Crippen molar-refractivity contribution in [3.05, 3.63) is 66.1 Å². The number of carbonyl (C=O) groups excluding carboxylic acids is 1. The molecule has 6 heteroatoms. The molecule has 0 aliphatic carbocycles. The van der Waals surface area contributed by atoms with Crippen LogP contribution in [0, 0.1) is 6.92 Å². The Morgan fingerprint density at radius 1 is 1.15 bits per heavy atom. The number of thioether (sulfide) groups is 1. The fourth-order valence-electron chi connectivity index (χ4n) is 3.32. The van der Waals surface area contributed by atoms with E-state index >= 15 is 0 Å².